The zero-order chi connectivity index (χ0) is 21.8. The second-order valence-electron chi connectivity index (χ2n) is 3.89. The number of nitrogens with one attached hydrogen (secondary N) is 1. The van der Waals surface area contributed by atoms with E-state index in [-0.39, 0.29) is 31.0 Å². The smallest absolute Gasteiger partial charge is 1.00 e. The van der Waals surface area contributed by atoms with Crippen molar-refractivity contribution in [3.8, 4) is 0 Å². The molecule has 22 heteroatoms. The van der Waals surface area contributed by atoms with Crippen LogP contribution in [0, 0.1) is 0 Å². The minimum Gasteiger partial charge on any atom is -1.00 e. The molecule has 0 unspecified atom stereocenters. The van der Waals surface area contributed by atoms with E-state index in [1.807, 2.05) is 0 Å². The molecule has 0 heterocycles. The molecule has 0 fully saturated rings. The number of urea groups is 1. The van der Waals surface area contributed by atoms with Gasteiger partial charge in [-0.05, 0) is 0 Å². The molecule has 0 aliphatic carbocycles. The van der Waals surface area contributed by atoms with E-state index >= 15 is 0 Å². The Morgan fingerprint density at radius 3 is 0.963 bits per heavy atom. The topological polar surface area (TPSA) is 158 Å². The van der Waals surface area contributed by atoms with E-state index in [0.29, 0.717) is 0 Å². The summed E-state index contributed by atoms with van der Waals surface area (Å²) in [5.74, 6) is 0. The van der Waals surface area contributed by atoms with Gasteiger partial charge < -0.3 is 7.16 Å². The average Bonchev–Trinajstić information content (AvgIpc) is 2.30. The number of hydrogen-bond donors (Lipinski definition) is 2. The summed E-state index contributed by atoms with van der Waals surface area (Å²) < 4.78 is 174. The van der Waals surface area contributed by atoms with Gasteiger partial charge in [0.1, 0.15) is 0 Å². The third-order valence-corrected chi connectivity index (χ3v) is 10.5. The first-order valence-corrected chi connectivity index (χ1v) is 9.37. The summed E-state index contributed by atoms with van der Waals surface area (Å²) in [7, 11) is -25.5. The molecule has 0 rings (SSSR count). The van der Waals surface area contributed by atoms with Crippen molar-refractivity contribution < 1.29 is 101 Å². The van der Waals surface area contributed by atoms with E-state index in [2.05, 4.69) is 5.73 Å². The number of hydrogen-bond acceptors (Lipinski definition) is 7. The fourth-order valence-electron chi connectivity index (χ4n) is 1.24. The van der Waals surface area contributed by atoms with Crippen LogP contribution in [0.4, 0.5) is 44.3 Å². The van der Waals surface area contributed by atoms with Crippen molar-refractivity contribution >= 4 is 35.5 Å². The Morgan fingerprint density at radius 1 is 0.667 bits per heavy atom. The van der Waals surface area contributed by atoms with Crippen molar-refractivity contribution in [1.82, 2.24) is 5.32 Å². The minimum atomic E-state index is -8.50. The molecule has 27 heavy (non-hydrogen) atoms. The van der Waals surface area contributed by atoms with Crippen LogP contribution in [0.2, 0.25) is 0 Å². The molecule has 0 saturated heterocycles. The monoisotopic (exact) mass is 494 g/mol. The van der Waals surface area contributed by atoms with E-state index in [1.54, 1.807) is 0 Å². The zero-order valence-corrected chi connectivity index (χ0v) is 16.5. The Morgan fingerprint density at radius 2 is 0.852 bits per heavy atom. The molecule has 0 bridgehead atoms. The third kappa shape index (κ3) is 4.11. The van der Waals surface area contributed by atoms with Crippen LogP contribution in [0.1, 0.15) is 1.43 Å². The standard InChI is InChI=1S/C5H3F9N2O7S3.Na.H/c6-2(7,8)24(18,19)5(16-1(15)17,25(20,21)3(9,10)11)26(22,23)4(12,13)14;;/h(H3,15,16,17);;/q;+1;-1. The molecule has 0 aliphatic heterocycles. The van der Waals surface area contributed by atoms with Crippen molar-refractivity contribution in [2.45, 2.75) is 20.1 Å². The summed E-state index contributed by atoms with van der Waals surface area (Å²) in [5, 5.41) is -0.551. The van der Waals surface area contributed by atoms with Gasteiger partial charge in [0.25, 0.3) is 0 Å². The van der Waals surface area contributed by atoms with Crippen LogP contribution in [0.3, 0.4) is 0 Å². The molecular formula is C5H4F9N2NaO7S3. The Bertz CT molecular complexity index is 798. The number of primary amides is 1. The number of nitrogens with two attached hydrogens (primary N) is 1. The largest absolute Gasteiger partial charge is 1.00 e. The summed E-state index contributed by atoms with van der Waals surface area (Å²) in [5.41, 5.74) is -18.1. The van der Waals surface area contributed by atoms with E-state index in [1.165, 1.54) is 0 Å². The number of amides is 2. The molecule has 0 radical (unpaired) electrons. The zero-order valence-electron chi connectivity index (χ0n) is 13.1. The van der Waals surface area contributed by atoms with E-state index in [9.17, 15) is 69.6 Å². The molecule has 158 valence electrons. The summed E-state index contributed by atoms with van der Waals surface area (Å²) in [6.45, 7) is 0. The van der Waals surface area contributed by atoms with Gasteiger partial charge in [0.05, 0.1) is 0 Å². The molecule has 2 amide bonds. The fourth-order valence-corrected chi connectivity index (χ4v) is 8.03. The van der Waals surface area contributed by atoms with Crippen molar-refractivity contribution in [2.24, 2.45) is 5.73 Å². The Kier molecular flexibility index (Phi) is 7.85. The average molecular weight is 494 g/mol. The van der Waals surface area contributed by atoms with E-state index < -0.39 is 60.9 Å². The summed E-state index contributed by atoms with van der Waals surface area (Å²) in [6, 6.07) is -3.08. The minimum absolute atomic E-state index is 0. The predicted molar refractivity (Wildman–Crippen MR) is 61.5 cm³/mol. The first-order valence-electron chi connectivity index (χ1n) is 4.92. The van der Waals surface area contributed by atoms with Crippen LogP contribution in [-0.2, 0) is 29.5 Å². The number of sulfone groups is 3. The summed E-state index contributed by atoms with van der Waals surface area (Å²) in [4.78, 5) is 10.6. The second kappa shape index (κ2) is 7.39. The molecule has 0 spiro atoms. The maximum absolute atomic E-state index is 12.6. The summed E-state index contributed by atoms with van der Waals surface area (Å²) >= 11 is 0. The molecule has 9 nitrogen and oxygen atoms in total. The quantitative estimate of drug-likeness (QED) is 0.315. The van der Waals surface area contributed by atoms with Crippen LogP contribution < -0.4 is 40.6 Å². The normalized spacial score (nSPS) is 15.0. The van der Waals surface area contributed by atoms with Crippen LogP contribution in [0.5, 0.6) is 0 Å². The van der Waals surface area contributed by atoms with Crippen molar-refractivity contribution in [3.05, 3.63) is 0 Å². The number of carbonyl (C=O) groups is 1. The Labute approximate surface area is 167 Å². The Balaban J connectivity index is -0.00000312. The molecule has 0 aromatic rings. The summed E-state index contributed by atoms with van der Waals surface area (Å²) in [6.07, 6.45) is 0. The molecular weight excluding hydrogens is 490 g/mol. The van der Waals surface area contributed by atoms with Crippen LogP contribution in [0.15, 0.2) is 0 Å². The van der Waals surface area contributed by atoms with E-state index in [4.69, 9.17) is 0 Å². The van der Waals surface area contributed by atoms with Gasteiger partial charge >= 0.3 is 85.2 Å². The molecule has 0 atom stereocenters. The third-order valence-electron chi connectivity index (χ3n) is 2.25. The SMILES string of the molecule is NC(=O)NC(S(=O)(=O)C(F)(F)F)(S(=O)(=O)C(F)(F)F)S(=O)(=O)C(F)(F)F.[H-].[Na+]. The van der Waals surface area contributed by atoms with Crippen molar-refractivity contribution in [2.75, 3.05) is 0 Å². The maximum atomic E-state index is 12.6. The van der Waals surface area contributed by atoms with Crippen LogP contribution in [0.25, 0.3) is 0 Å². The molecule has 0 saturated carbocycles. The number of rotatable bonds is 4. The maximum Gasteiger partial charge on any atom is 1.00 e. The van der Waals surface area contributed by atoms with Gasteiger partial charge in [-0.3, -0.25) is 5.32 Å². The van der Waals surface area contributed by atoms with Crippen molar-refractivity contribution in [1.29, 1.82) is 0 Å². The number of carbonyl (C=O) groups excluding carboxylic acids is 1. The van der Waals surface area contributed by atoms with Crippen LogP contribution in [-0.4, -0.2) is 51.3 Å². The van der Waals surface area contributed by atoms with Gasteiger partial charge in [-0.1, -0.05) is 0 Å². The van der Waals surface area contributed by atoms with Gasteiger partial charge in [-0.25, -0.2) is 30.0 Å². The van der Waals surface area contributed by atoms with Gasteiger partial charge in [0, 0.05) is 0 Å². The fraction of sp³-hybridized carbons (Fsp3) is 0.800. The van der Waals surface area contributed by atoms with Crippen LogP contribution >= 0.6 is 0 Å². The van der Waals surface area contributed by atoms with Gasteiger partial charge in [-0.2, -0.15) is 39.5 Å². The second-order valence-corrected chi connectivity index (χ2v) is 10.9. The van der Waals surface area contributed by atoms with Gasteiger partial charge in [0.2, 0.25) is 0 Å². The first kappa shape index (κ1) is 28.7. The molecule has 0 aliphatic rings. The van der Waals surface area contributed by atoms with Crippen molar-refractivity contribution in [3.63, 3.8) is 0 Å². The Hall–Kier alpha value is -0.510. The van der Waals surface area contributed by atoms with Gasteiger partial charge in [0.15, 0.2) is 0 Å². The van der Waals surface area contributed by atoms with Gasteiger partial charge in [-0.15, -0.1) is 0 Å². The molecule has 0 aromatic carbocycles. The first-order chi connectivity index (χ1) is 10.9. The molecule has 3 N–H and O–H groups in total. The number of alkyl halides is 9. The molecule has 0 aromatic heterocycles. The van der Waals surface area contributed by atoms with E-state index in [0.717, 1.165) is 0 Å². The predicted octanol–water partition coefficient (Wildman–Crippen LogP) is -2.81. The number of halogens is 9.